The molecule has 5 nitrogen and oxygen atoms in total. The molecule has 1 atom stereocenters. The van der Waals surface area contributed by atoms with Gasteiger partial charge < -0.3 is 14.6 Å². The minimum absolute atomic E-state index is 0.294. The number of ether oxygens (including phenoxy) is 1. The molecule has 0 saturated heterocycles. The van der Waals surface area contributed by atoms with Crippen LogP contribution in [0.15, 0.2) is 16.9 Å². The molecule has 6 heteroatoms. The van der Waals surface area contributed by atoms with Crippen LogP contribution in [-0.2, 0) is 16.1 Å². The highest BCUT2D eigenvalue weighted by Gasteiger charge is 2.14. The SMILES string of the molecule is COC(=O)C(Br)CNCc1ccon1. The fourth-order valence-corrected chi connectivity index (χ4v) is 1.28. The molecule has 1 heterocycles. The predicted molar refractivity (Wildman–Crippen MR) is 52.9 cm³/mol. The normalized spacial score (nSPS) is 12.4. The summed E-state index contributed by atoms with van der Waals surface area (Å²) >= 11 is 3.19. The number of esters is 1. The van der Waals surface area contributed by atoms with Gasteiger partial charge in [0, 0.05) is 19.2 Å². The molecule has 0 bridgehead atoms. The van der Waals surface area contributed by atoms with Gasteiger partial charge in [0.25, 0.3) is 0 Å². The van der Waals surface area contributed by atoms with Gasteiger partial charge >= 0.3 is 5.97 Å². The number of carbonyl (C=O) groups excluding carboxylic acids is 1. The minimum Gasteiger partial charge on any atom is -0.468 e. The average molecular weight is 263 g/mol. The summed E-state index contributed by atoms with van der Waals surface area (Å²) in [5, 5.41) is 6.74. The Labute approximate surface area is 89.9 Å². The smallest absolute Gasteiger partial charge is 0.320 e. The second-order valence-electron chi connectivity index (χ2n) is 2.61. The lowest BCUT2D eigenvalue weighted by Gasteiger charge is -2.07. The quantitative estimate of drug-likeness (QED) is 0.625. The number of halogens is 1. The Morgan fingerprint density at radius 1 is 1.86 bits per heavy atom. The van der Waals surface area contributed by atoms with Crippen LogP contribution in [0.25, 0.3) is 0 Å². The molecular formula is C8H11BrN2O3. The first kappa shape index (κ1) is 11.2. The highest BCUT2D eigenvalue weighted by molar-refractivity contribution is 9.10. The topological polar surface area (TPSA) is 64.4 Å². The van der Waals surface area contributed by atoms with Gasteiger partial charge in [-0.05, 0) is 0 Å². The molecule has 0 saturated carbocycles. The first-order valence-corrected chi connectivity index (χ1v) is 4.97. The van der Waals surface area contributed by atoms with Gasteiger partial charge in [0.1, 0.15) is 11.1 Å². The van der Waals surface area contributed by atoms with Crippen LogP contribution in [-0.4, -0.2) is 29.6 Å². The van der Waals surface area contributed by atoms with Gasteiger partial charge in [0.2, 0.25) is 0 Å². The maximum atomic E-state index is 11.0. The molecule has 0 aliphatic heterocycles. The molecule has 14 heavy (non-hydrogen) atoms. The number of alkyl halides is 1. The average Bonchev–Trinajstić information content (AvgIpc) is 2.69. The lowest BCUT2D eigenvalue weighted by atomic mass is 10.4. The molecule has 1 rings (SSSR count). The fraction of sp³-hybridized carbons (Fsp3) is 0.500. The van der Waals surface area contributed by atoms with E-state index in [9.17, 15) is 4.79 Å². The Balaban J connectivity index is 2.18. The van der Waals surface area contributed by atoms with Crippen LogP contribution in [0.1, 0.15) is 5.69 Å². The van der Waals surface area contributed by atoms with E-state index < -0.39 is 0 Å². The lowest BCUT2D eigenvalue weighted by Crippen LogP contribution is -2.29. The van der Waals surface area contributed by atoms with Crippen LogP contribution in [0, 0.1) is 0 Å². The molecule has 1 N–H and O–H groups in total. The van der Waals surface area contributed by atoms with Crippen molar-refractivity contribution in [2.45, 2.75) is 11.4 Å². The van der Waals surface area contributed by atoms with Gasteiger partial charge in [0.15, 0.2) is 0 Å². The number of nitrogens with one attached hydrogen (secondary N) is 1. The molecular weight excluding hydrogens is 252 g/mol. The van der Waals surface area contributed by atoms with Gasteiger partial charge in [-0.25, -0.2) is 0 Å². The number of nitrogens with zero attached hydrogens (tertiary/aromatic N) is 1. The second kappa shape index (κ2) is 5.77. The van der Waals surface area contributed by atoms with Crippen LogP contribution in [0.2, 0.25) is 0 Å². The Bertz CT molecular complexity index is 276. The molecule has 1 aromatic rings. The first-order chi connectivity index (χ1) is 6.74. The molecule has 0 amide bonds. The monoisotopic (exact) mass is 262 g/mol. The minimum atomic E-state index is -0.334. The van der Waals surface area contributed by atoms with Crippen LogP contribution < -0.4 is 5.32 Å². The third-order valence-corrected chi connectivity index (χ3v) is 2.28. The summed E-state index contributed by atoms with van der Waals surface area (Å²) < 4.78 is 9.19. The number of methoxy groups -OCH3 is 1. The highest BCUT2D eigenvalue weighted by atomic mass is 79.9. The van der Waals surface area contributed by atoms with E-state index in [0.717, 1.165) is 5.69 Å². The standard InChI is InChI=1S/C8H11BrN2O3/c1-13-8(12)7(9)5-10-4-6-2-3-14-11-6/h2-3,7,10H,4-5H2,1H3. The van der Waals surface area contributed by atoms with Crippen molar-refractivity contribution in [2.75, 3.05) is 13.7 Å². The molecule has 0 aliphatic carbocycles. The van der Waals surface area contributed by atoms with E-state index in [1.807, 2.05) is 0 Å². The third-order valence-electron chi connectivity index (χ3n) is 1.58. The van der Waals surface area contributed by atoms with E-state index >= 15 is 0 Å². The summed E-state index contributed by atoms with van der Waals surface area (Å²) in [6, 6.07) is 1.76. The molecule has 78 valence electrons. The Hall–Kier alpha value is -0.880. The highest BCUT2D eigenvalue weighted by Crippen LogP contribution is 2.00. The summed E-state index contributed by atoms with van der Waals surface area (Å²) in [5.74, 6) is -0.294. The van der Waals surface area contributed by atoms with Crippen molar-refractivity contribution in [2.24, 2.45) is 0 Å². The van der Waals surface area contributed by atoms with E-state index in [2.05, 4.69) is 35.7 Å². The Morgan fingerprint density at radius 3 is 3.21 bits per heavy atom. The van der Waals surface area contributed by atoms with Gasteiger partial charge in [0.05, 0.1) is 12.8 Å². The summed E-state index contributed by atoms with van der Waals surface area (Å²) in [7, 11) is 1.36. The number of rotatable bonds is 5. The van der Waals surface area contributed by atoms with Gasteiger partial charge in [-0.2, -0.15) is 0 Å². The van der Waals surface area contributed by atoms with Gasteiger partial charge in [-0.15, -0.1) is 0 Å². The van der Waals surface area contributed by atoms with Crippen LogP contribution in [0.5, 0.6) is 0 Å². The Kier molecular flexibility index (Phi) is 4.61. The van der Waals surface area contributed by atoms with Crippen molar-refractivity contribution in [3.63, 3.8) is 0 Å². The molecule has 1 unspecified atom stereocenters. The second-order valence-corrected chi connectivity index (χ2v) is 3.72. The molecule has 0 radical (unpaired) electrons. The fourth-order valence-electron chi connectivity index (χ4n) is 0.867. The third kappa shape index (κ3) is 3.47. The zero-order chi connectivity index (χ0) is 10.4. The molecule has 0 aliphatic rings. The van der Waals surface area contributed by atoms with Crippen molar-refractivity contribution >= 4 is 21.9 Å². The van der Waals surface area contributed by atoms with Crippen molar-refractivity contribution < 1.29 is 14.1 Å². The van der Waals surface area contributed by atoms with E-state index in [-0.39, 0.29) is 10.8 Å². The first-order valence-electron chi connectivity index (χ1n) is 4.06. The van der Waals surface area contributed by atoms with E-state index in [0.29, 0.717) is 13.1 Å². The number of hydrogen-bond acceptors (Lipinski definition) is 5. The summed E-state index contributed by atoms with van der Waals surface area (Å²) in [6.07, 6.45) is 1.50. The van der Waals surface area contributed by atoms with E-state index in [1.54, 1.807) is 6.07 Å². The van der Waals surface area contributed by atoms with Crippen molar-refractivity contribution in [3.8, 4) is 0 Å². The summed E-state index contributed by atoms with van der Waals surface area (Å²) in [5.41, 5.74) is 0.801. The van der Waals surface area contributed by atoms with E-state index in [4.69, 9.17) is 0 Å². The van der Waals surface area contributed by atoms with E-state index in [1.165, 1.54) is 13.4 Å². The lowest BCUT2D eigenvalue weighted by molar-refractivity contribution is -0.139. The molecule has 0 fully saturated rings. The van der Waals surface area contributed by atoms with Gasteiger partial charge in [-0.3, -0.25) is 4.79 Å². The zero-order valence-electron chi connectivity index (χ0n) is 7.70. The van der Waals surface area contributed by atoms with Crippen LogP contribution in [0.4, 0.5) is 0 Å². The number of hydrogen-bond donors (Lipinski definition) is 1. The Morgan fingerprint density at radius 2 is 2.64 bits per heavy atom. The predicted octanol–water partition coefficient (Wildman–Crippen LogP) is 0.701. The van der Waals surface area contributed by atoms with Crippen molar-refractivity contribution in [1.82, 2.24) is 10.5 Å². The molecule has 0 aromatic carbocycles. The summed E-state index contributed by atoms with van der Waals surface area (Å²) in [6.45, 7) is 1.05. The number of aromatic nitrogens is 1. The maximum absolute atomic E-state index is 11.0. The van der Waals surface area contributed by atoms with Crippen LogP contribution >= 0.6 is 15.9 Å². The maximum Gasteiger partial charge on any atom is 0.320 e. The molecule has 1 aromatic heterocycles. The summed E-state index contributed by atoms with van der Waals surface area (Å²) in [4.78, 5) is 10.6. The van der Waals surface area contributed by atoms with Crippen molar-refractivity contribution in [3.05, 3.63) is 18.0 Å². The largest absolute Gasteiger partial charge is 0.468 e. The van der Waals surface area contributed by atoms with Gasteiger partial charge in [-0.1, -0.05) is 21.1 Å². The number of carbonyl (C=O) groups is 1. The van der Waals surface area contributed by atoms with Crippen molar-refractivity contribution in [1.29, 1.82) is 0 Å². The van der Waals surface area contributed by atoms with Crippen LogP contribution in [0.3, 0.4) is 0 Å². The zero-order valence-corrected chi connectivity index (χ0v) is 9.28. The molecule has 0 spiro atoms.